The Morgan fingerprint density at radius 2 is 1.89 bits per heavy atom. The maximum absolute atomic E-state index is 12.5. The molecule has 0 fully saturated rings. The molecule has 27 heavy (non-hydrogen) atoms. The molecule has 0 saturated carbocycles. The van der Waals surface area contributed by atoms with Gasteiger partial charge in [-0.25, -0.2) is 9.59 Å². The molecule has 3 aromatic rings. The van der Waals surface area contributed by atoms with E-state index in [4.69, 9.17) is 9.84 Å². The molecule has 0 aliphatic heterocycles. The molecule has 9 heteroatoms. The van der Waals surface area contributed by atoms with E-state index in [1.165, 1.54) is 17.7 Å². The van der Waals surface area contributed by atoms with E-state index in [9.17, 15) is 19.2 Å². The summed E-state index contributed by atoms with van der Waals surface area (Å²) < 4.78 is 7.36. The number of rotatable bonds is 6. The summed E-state index contributed by atoms with van der Waals surface area (Å²) in [4.78, 5) is 48.5. The average molecular weight is 388 g/mol. The fourth-order valence-corrected chi connectivity index (χ4v) is 3.58. The second-order valence-electron chi connectivity index (χ2n) is 5.83. The number of aliphatic carboxylic acids is 1. The van der Waals surface area contributed by atoms with Gasteiger partial charge in [-0.05, 0) is 11.6 Å². The summed E-state index contributed by atoms with van der Waals surface area (Å²) in [6.07, 6.45) is -0.350. The number of aryl methyl sites for hydroxylation is 1. The highest BCUT2D eigenvalue weighted by Gasteiger charge is 2.19. The third-order valence-corrected chi connectivity index (χ3v) is 5.17. The molecule has 2 aromatic heterocycles. The SMILES string of the molecule is Cn1c(=O)n(CCC(=O)O)c(=O)c2cc(C(=O)OCc3ccccc3)sc21. The summed E-state index contributed by atoms with van der Waals surface area (Å²) >= 11 is 0.987. The number of aromatic nitrogens is 2. The predicted octanol–water partition coefficient (Wildman–Crippen LogP) is 1.59. The number of carbonyl (C=O) groups is 2. The van der Waals surface area contributed by atoms with E-state index in [2.05, 4.69) is 0 Å². The number of thiophene rings is 1. The van der Waals surface area contributed by atoms with Crippen molar-refractivity contribution in [3.05, 3.63) is 67.7 Å². The minimum atomic E-state index is -1.11. The van der Waals surface area contributed by atoms with Crippen molar-refractivity contribution in [2.24, 2.45) is 7.05 Å². The first-order chi connectivity index (χ1) is 12.9. The Balaban J connectivity index is 1.92. The van der Waals surface area contributed by atoms with Gasteiger partial charge < -0.3 is 9.84 Å². The van der Waals surface area contributed by atoms with Gasteiger partial charge in [-0.2, -0.15) is 0 Å². The van der Waals surface area contributed by atoms with E-state index in [-0.39, 0.29) is 29.8 Å². The summed E-state index contributed by atoms with van der Waals surface area (Å²) in [6, 6.07) is 10.5. The van der Waals surface area contributed by atoms with Crippen molar-refractivity contribution in [2.75, 3.05) is 0 Å². The lowest BCUT2D eigenvalue weighted by molar-refractivity contribution is -0.137. The molecular formula is C18H16N2O6S. The van der Waals surface area contributed by atoms with E-state index >= 15 is 0 Å². The van der Waals surface area contributed by atoms with E-state index in [1.807, 2.05) is 30.3 Å². The minimum Gasteiger partial charge on any atom is -0.481 e. The van der Waals surface area contributed by atoms with E-state index in [0.29, 0.717) is 4.83 Å². The first-order valence-electron chi connectivity index (χ1n) is 8.04. The summed E-state index contributed by atoms with van der Waals surface area (Å²) in [7, 11) is 1.47. The summed E-state index contributed by atoms with van der Waals surface area (Å²) in [5.74, 6) is -1.71. The molecule has 1 N–H and O–H groups in total. The van der Waals surface area contributed by atoms with E-state index in [1.54, 1.807) is 0 Å². The predicted molar refractivity (Wildman–Crippen MR) is 99.1 cm³/mol. The lowest BCUT2D eigenvalue weighted by Gasteiger charge is -2.06. The van der Waals surface area contributed by atoms with Crippen LogP contribution in [0.4, 0.5) is 0 Å². The number of benzene rings is 1. The van der Waals surface area contributed by atoms with Crippen LogP contribution in [0.1, 0.15) is 21.7 Å². The van der Waals surface area contributed by atoms with Crippen LogP contribution in [0.25, 0.3) is 10.2 Å². The zero-order valence-electron chi connectivity index (χ0n) is 14.4. The second-order valence-corrected chi connectivity index (χ2v) is 6.86. The third kappa shape index (κ3) is 3.82. The fraction of sp³-hybridized carbons (Fsp3) is 0.222. The summed E-state index contributed by atoms with van der Waals surface area (Å²) in [6.45, 7) is -0.143. The quantitative estimate of drug-likeness (QED) is 0.643. The number of nitrogens with zero attached hydrogens (tertiary/aromatic N) is 2. The number of fused-ring (bicyclic) bond motifs is 1. The van der Waals surface area contributed by atoms with Crippen molar-refractivity contribution in [3.8, 4) is 0 Å². The number of esters is 1. The van der Waals surface area contributed by atoms with Gasteiger partial charge in [0.2, 0.25) is 0 Å². The summed E-state index contributed by atoms with van der Waals surface area (Å²) in [5, 5.41) is 8.97. The molecule has 0 aliphatic rings. The van der Waals surface area contributed by atoms with Gasteiger partial charge in [0.1, 0.15) is 16.3 Å². The topological polar surface area (TPSA) is 108 Å². The number of carboxylic acids is 1. The zero-order valence-corrected chi connectivity index (χ0v) is 15.2. The molecule has 0 bridgehead atoms. The molecule has 1 aromatic carbocycles. The molecular weight excluding hydrogens is 372 g/mol. The van der Waals surface area contributed by atoms with Crippen LogP contribution in [0, 0.1) is 0 Å². The van der Waals surface area contributed by atoms with Crippen molar-refractivity contribution < 1.29 is 19.4 Å². The molecule has 0 aliphatic carbocycles. The van der Waals surface area contributed by atoms with Crippen molar-refractivity contribution in [1.82, 2.24) is 9.13 Å². The van der Waals surface area contributed by atoms with Crippen LogP contribution in [0.3, 0.4) is 0 Å². The average Bonchev–Trinajstić information content (AvgIpc) is 3.11. The molecule has 0 radical (unpaired) electrons. The smallest absolute Gasteiger partial charge is 0.348 e. The lowest BCUT2D eigenvalue weighted by atomic mass is 10.2. The number of carbonyl (C=O) groups excluding carboxylic acids is 1. The molecule has 0 unspecified atom stereocenters. The number of hydrogen-bond acceptors (Lipinski definition) is 6. The van der Waals surface area contributed by atoms with Gasteiger partial charge in [0.05, 0.1) is 11.8 Å². The Kier molecular flexibility index (Phi) is 5.22. The van der Waals surface area contributed by atoms with Gasteiger partial charge >= 0.3 is 17.6 Å². The lowest BCUT2D eigenvalue weighted by Crippen LogP contribution is -2.39. The van der Waals surface area contributed by atoms with Crippen LogP contribution in [-0.4, -0.2) is 26.2 Å². The van der Waals surface area contributed by atoms with Crippen molar-refractivity contribution >= 4 is 33.5 Å². The number of hydrogen-bond donors (Lipinski definition) is 1. The van der Waals surface area contributed by atoms with Gasteiger partial charge in [-0.3, -0.25) is 18.7 Å². The first-order valence-corrected chi connectivity index (χ1v) is 8.86. The molecule has 0 amide bonds. The Morgan fingerprint density at radius 1 is 1.19 bits per heavy atom. The molecule has 0 atom stereocenters. The molecule has 0 saturated heterocycles. The molecule has 8 nitrogen and oxygen atoms in total. The Morgan fingerprint density at radius 3 is 2.56 bits per heavy atom. The van der Waals surface area contributed by atoms with Crippen LogP contribution < -0.4 is 11.2 Å². The van der Waals surface area contributed by atoms with Crippen LogP contribution in [0.2, 0.25) is 0 Å². The number of ether oxygens (including phenoxy) is 1. The second kappa shape index (κ2) is 7.58. The molecule has 2 heterocycles. The zero-order chi connectivity index (χ0) is 19.6. The fourth-order valence-electron chi connectivity index (χ4n) is 2.58. The highest BCUT2D eigenvalue weighted by atomic mass is 32.1. The van der Waals surface area contributed by atoms with Crippen LogP contribution >= 0.6 is 11.3 Å². The van der Waals surface area contributed by atoms with Crippen molar-refractivity contribution in [1.29, 1.82) is 0 Å². The Labute approximate surface area is 156 Å². The number of carboxylic acid groups (broad SMARTS) is 1. The normalized spacial score (nSPS) is 10.9. The Hall–Kier alpha value is -3.20. The van der Waals surface area contributed by atoms with Crippen molar-refractivity contribution in [3.63, 3.8) is 0 Å². The van der Waals surface area contributed by atoms with E-state index in [0.717, 1.165) is 21.5 Å². The largest absolute Gasteiger partial charge is 0.481 e. The standard InChI is InChI=1S/C18H16N2O6S/c1-19-16-12(15(23)20(18(19)25)8-7-14(21)22)9-13(27-16)17(24)26-10-11-5-3-2-4-6-11/h2-6,9H,7-8,10H2,1H3,(H,21,22). The Bertz CT molecular complexity index is 1130. The molecule has 3 rings (SSSR count). The molecule has 140 valence electrons. The highest BCUT2D eigenvalue weighted by molar-refractivity contribution is 7.20. The van der Waals surface area contributed by atoms with Gasteiger partial charge in [0.15, 0.2) is 0 Å². The van der Waals surface area contributed by atoms with E-state index < -0.39 is 23.2 Å². The monoisotopic (exact) mass is 388 g/mol. The minimum absolute atomic E-state index is 0.0929. The third-order valence-electron chi connectivity index (χ3n) is 3.97. The highest BCUT2D eigenvalue weighted by Crippen LogP contribution is 2.22. The first kappa shape index (κ1) is 18.6. The maximum atomic E-state index is 12.5. The van der Waals surface area contributed by atoms with Crippen LogP contribution in [-0.2, 0) is 29.7 Å². The summed E-state index contributed by atoms with van der Waals surface area (Å²) in [5.41, 5.74) is -0.414. The van der Waals surface area contributed by atoms with Gasteiger partial charge in [-0.15, -0.1) is 11.3 Å². The van der Waals surface area contributed by atoms with Crippen LogP contribution in [0.15, 0.2) is 46.0 Å². The van der Waals surface area contributed by atoms with Crippen molar-refractivity contribution in [2.45, 2.75) is 19.6 Å². The van der Waals surface area contributed by atoms with Gasteiger partial charge in [0.25, 0.3) is 5.56 Å². The van der Waals surface area contributed by atoms with Crippen LogP contribution in [0.5, 0.6) is 0 Å². The van der Waals surface area contributed by atoms with Gasteiger partial charge in [-0.1, -0.05) is 30.3 Å². The molecule has 0 spiro atoms. The maximum Gasteiger partial charge on any atom is 0.348 e. The van der Waals surface area contributed by atoms with Gasteiger partial charge in [0, 0.05) is 13.6 Å².